The van der Waals surface area contributed by atoms with Crippen LogP contribution in [0.5, 0.6) is 0 Å². The van der Waals surface area contributed by atoms with Crippen molar-refractivity contribution >= 4 is 35.2 Å². The van der Waals surface area contributed by atoms with Gasteiger partial charge >= 0.3 is 6.09 Å². The highest BCUT2D eigenvalue weighted by molar-refractivity contribution is 6.31. The summed E-state index contributed by atoms with van der Waals surface area (Å²) in [5, 5.41) is 6.31. The number of halogens is 1. The number of rotatable bonds is 8. The molecule has 0 aliphatic carbocycles. The number of nitrogens with zero attached hydrogens (tertiary/aromatic N) is 1. The average Bonchev–Trinajstić information content (AvgIpc) is 2.84. The fourth-order valence-corrected chi connectivity index (χ4v) is 4.39. The van der Waals surface area contributed by atoms with Crippen LogP contribution in [0, 0.1) is 0 Å². The molecule has 9 heteroatoms. The Hall–Kier alpha value is -3.10. The lowest BCUT2D eigenvalue weighted by Crippen LogP contribution is -2.61. The zero-order valence-electron chi connectivity index (χ0n) is 21.1. The van der Waals surface area contributed by atoms with Crippen molar-refractivity contribution in [1.29, 1.82) is 0 Å². The highest BCUT2D eigenvalue weighted by Crippen LogP contribution is 2.26. The number of likely N-dealkylation sites (tertiary alicyclic amines) is 1. The molecule has 1 fully saturated rings. The van der Waals surface area contributed by atoms with Gasteiger partial charge in [-0.1, -0.05) is 48.9 Å². The van der Waals surface area contributed by atoms with Gasteiger partial charge in [-0.15, -0.1) is 0 Å². The van der Waals surface area contributed by atoms with Gasteiger partial charge in [-0.2, -0.15) is 0 Å². The van der Waals surface area contributed by atoms with Crippen molar-refractivity contribution in [2.24, 2.45) is 5.73 Å². The van der Waals surface area contributed by atoms with Crippen molar-refractivity contribution in [3.63, 3.8) is 0 Å². The zero-order valence-corrected chi connectivity index (χ0v) is 21.9. The molecule has 194 valence electrons. The van der Waals surface area contributed by atoms with Crippen molar-refractivity contribution in [2.45, 2.75) is 57.5 Å². The summed E-state index contributed by atoms with van der Waals surface area (Å²) in [4.78, 5) is 39.9. The summed E-state index contributed by atoms with van der Waals surface area (Å²) < 4.78 is 5.56. The molecule has 3 rings (SSSR count). The van der Waals surface area contributed by atoms with Crippen LogP contribution in [0.2, 0.25) is 5.02 Å². The molecule has 0 unspecified atom stereocenters. The largest absolute Gasteiger partial charge is 0.447 e. The van der Waals surface area contributed by atoms with Crippen molar-refractivity contribution in [3.05, 3.63) is 64.7 Å². The number of hydrogen-bond acceptors (Lipinski definition) is 5. The maximum atomic E-state index is 13.0. The van der Waals surface area contributed by atoms with Gasteiger partial charge in [-0.3, -0.25) is 14.9 Å². The van der Waals surface area contributed by atoms with E-state index >= 15 is 0 Å². The second-order valence-electron chi connectivity index (χ2n) is 9.86. The number of nitrogens with two attached hydrogens (primary N) is 1. The molecule has 2 aromatic carbocycles. The molecule has 0 bridgehead atoms. The number of anilines is 1. The van der Waals surface area contributed by atoms with Crippen LogP contribution in [-0.2, 0) is 27.2 Å². The number of piperidine rings is 1. The molecule has 0 aromatic heterocycles. The first-order valence-electron chi connectivity index (χ1n) is 12.2. The Morgan fingerprint density at radius 3 is 2.31 bits per heavy atom. The minimum Gasteiger partial charge on any atom is -0.447 e. The Morgan fingerprint density at radius 1 is 1.08 bits per heavy atom. The highest BCUT2D eigenvalue weighted by atomic mass is 35.5. The van der Waals surface area contributed by atoms with Crippen molar-refractivity contribution in [3.8, 4) is 0 Å². The normalized spacial score (nSPS) is 15.2. The number of ether oxygens (including phenoxy) is 1. The van der Waals surface area contributed by atoms with E-state index < -0.39 is 17.2 Å². The smallest absolute Gasteiger partial charge is 0.411 e. The molecule has 0 saturated carbocycles. The predicted octanol–water partition coefficient (Wildman–Crippen LogP) is 3.91. The maximum Gasteiger partial charge on any atom is 0.411 e. The van der Waals surface area contributed by atoms with E-state index in [1.54, 1.807) is 36.9 Å². The number of hydrogen-bond donors (Lipinski definition) is 3. The molecule has 0 atom stereocenters. The molecule has 36 heavy (non-hydrogen) atoms. The van der Waals surface area contributed by atoms with Gasteiger partial charge in [-0.25, -0.2) is 4.79 Å². The van der Waals surface area contributed by atoms with E-state index in [2.05, 4.69) is 17.6 Å². The molecule has 4 N–H and O–H groups in total. The van der Waals surface area contributed by atoms with E-state index in [9.17, 15) is 14.4 Å². The topological polar surface area (TPSA) is 114 Å². The Balaban J connectivity index is 1.67. The van der Waals surface area contributed by atoms with E-state index in [1.807, 2.05) is 30.3 Å². The molecule has 2 aromatic rings. The fourth-order valence-electron chi connectivity index (χ4n) is 4.19. The SMILES string of the molecule is CCc1ccc(NC(=O)OCC2(NC(=O)Cc3ccccc3Cl)CCN(C(=O)C(C)(C)N)CC2)cc1. The minimum absolute atomic E-state index is 0.0335. The van der Waals surface area contributed by atoms with Gasteiger partial charge < -0.3 is 20.7 Å². The van der Waals surface area contributed by atoms with E-state index in [1.165, 1.54) is 0 Å². The van der Waals surface area contributed by atoms with Crippen LogP contribution in [0.15, 0.2) is 48.5 Å². The van der Waals surface area contributed by atoms with Gasteiger partial charge in [0.15, 0.2) is 0 Å². The van der Waals surface area contributed by atoms with Crippen molar-refractivity contribution in [1.82, 2.24) is 10.2 Å². The van der Waals surface area contributed by atoms with Gasteiger partial charge in [0.25, 0.3) is 0 Å². The van der Waals surface area contributed by atoms with Gasteiger partial charge in [0.1, 0.15) is 6.61 Å². The molecule has 1 aliphatic heterocycles. The first-order valence-corrected chi connectivity index (χ1v) is 12.5. The van der Waals surface area contributed by atoms with Crippen molar-refractivity contribution in [2.75, 3.05) is 25.0 Å². The Bertz CT molecular complexity index is 1070. The molecule has 8 nitrogen and oxygen atoms in total. The van der Waals surface area contributed by atoms with Crippen molar-refractivity contribution < 1.29 is 19.1 Å². The number of aryl methyl sites for hydroxylation is 1. The van der Waals surface area contributed by atoms with Crippen LogP contribution < -0.4 is 16.4 Å². The molecule has 1 aliphatic rings. The summed E-state index contributed by atoms with van der Waals surface area (Å²) in [5.41, 5.74) is 6.68. The standard InChI is InChI=1S/C27H35ClN4O4/c1-4-19-9-11-21(12-10-19)30-25(35)36-18-27(13-15-32(16-14-27)24(34)26(2,3)29)31-23(33)17-20-7-5-6-8-22(20)28/h5-12H,4,13-18,29H2,1-3H3,(H,30,35)(H,31,33). The van der Waals surface area contributed by atoms with Crippen LogP contribution in [-0.4, -0.2) is 53.6 Å². The Labute approximate surface area is 217 Å². The monoisotopic (exact) mass is 514 g/mol. The quantitative estimate of drug-likeness (QED) is 0.494. The number of benzene rings is 2. The van der Waals surface area contributed by atoms with Gasteiger partial charge in [-0.05, 0) is 62.4 Å². The number of carbonyl (C=O) groups is 3. The van der Waals surface area contributed by atoms with E-state index in [0.717, 1.165) is 12.0 Å². The highest BCUT2D eigenvalue weighted by Gasteiger charge is 2.40. The maximum absolute atomic E-state index is 13.0. The third kappa shape index (κ3) is 7.45. The summed E-state index contributed by atoms with van der Waals surface area (Å²) in [6, 6.07) is 14.7. The molecule has 3 amide bonds. The lowest BCUT2D eigenvalue weighted by atomic mass is 9.87. The molecule has 1 saturated heterocycles. The van der Waals surface area contributed by atoms with Gasteiger partial charge in [0, 0.05) is 23.8 Å². The lowest BCUT2D eigenvalue weighted by molar-refractivity contribution is -0.138. The molecular formula is C27H35ClN4O4. The first kappa shape index (κ1) is 27.5. The van der Waals surface area contributed by atoms with Crippen LogP contribution in [0.25, 0.3) is 0 Å². The second kappa shape index (κ2) is 11.8. The molecule has 1 heterocycles. The third-order valence-corrected chi connectivity index (χ3v) is 6.73. The van der Waals surface area contributed by atoms with E-state index in [0.29, 0.717) is 42.2 Å². The Morgan fingerprint density at radius 2 is 1.72 bits per heavy atom. The van der Waals surface area contributed by atoms with Crippen LogP contribution in [0.4, 0.5) is 10.5 Å². The zero-order chi connectivity index (χ0) is 26.3. The van der Waals surface area contributed by atoms with Gasteiger partial charge in [0.2, 0.25) is 11.8 Å². The summed E-state index contributed by atoms with van der Waals surface area (Å²) in [6.45, 7) is 6.13. The molecular weight excluding hydrogens is 480 g/mol. The van der Waals surface area contributed by atoms with Crippen LogP contribution in [0.1, 0.15) is 44.7 Å². The lowest BCUT2D eigenvalue weighted by Gasteiger charge is -2.43. The van der Waals surface area contributed by atoms with Crippen LogP contribution >= 0.6 is 11.6 Å². The molecule has 0 spiro atoms. The number of nitrogens with one attached hydrogen (secondary N) is 2. The summed E-state index contributed by atoms with van der Waals surface area (Å²) >= 11 is 6.23. The third-order valence-electron chi connectivity index (χ3n) is 6.36. The van der Waals surface area contributed by atoms with Gasteiger partial charge in [0.05, 0.1) is 17.5 Å². The van der Waals surface area contributed by atoms with E-state index in [-0.39, 0.29) is 24.8 Å². The fraction of sp³-hybridized carbons (Fsp3) is 0.444. The molecule has 0 radical (unpaired) electrons. The minimum atomic E-state index is -0.989. The average molecular weight is 515 g/mol. The summed E-state index contributed by atoms with van der Waals surface area (Å²) in [5.74, 6) is -0.395. The Kier molecular flexibility index (Phi) is 8.98. The van der Waals surface area contributed by atoms with Crippen LogP contribution in [0.3, 0.4) is 0 Å². The summed E-state index contributed by atoms with van der Waals surface area (Å²) in [6.07, 6.45) is 1.22. The van der Waals surface area contributed by atoms with E-state index in [4.69, 9.17) is 22.1 Å². The number of amides is 3. The second-order valence-corrected chi connectivity index (χ2v) is 10.3. The first-order chi connectivity index (χ1) is 17.0. The summed E-state index contributed by atoms with van der Waals surface area (Å²) in [7, 11) is 0. The predicted molar refractivity (Wildman–Crippen MR) is 141 cm³/mol. The number of carbonyl (C=O) groups excluding carboxylic acids is 3.